The molecule has 1 fully saturated rings. The van der Waals surface area contributed by atoms with Crippen LogP contribution in [0.2, 0.25) is 0 Å². The summed E-state index contributed by atoms with van der Waals surface area (Å²) in [6, 6.07) is 6.91. The van der Waals surface area contributed by atoms with Gasteiger partial charge in [-0.1, -0.05) is 13.8 Å². The second kappa shape index (κ2) is 6.62. The summed E-state index contributed by atoms with van der Waals surface area (Å²) in [7, 11) is 1.71. The summed E-state index contributed by atoms with van der Waals surface area (Å²) in [4.78, 5) is 2.45. The predicted molar refractivity (Wildman–Crippen MR) is 84.2 cm³/mol. The quantitative estimate of drug-likeness (QED) is 0.898. The maximum atomic E-state index is 5.37. The van der Waals surface area contributed by atoms with E-state index in [0.29, 0.717) is 6.04 Å². The molecule has 1 aliphatic heterocycles. The molecular weight excluding hydrogens is 304 g/mol. The lowest BCUT2D eigenvalue weighted by molar-refractivity contribution is 0.412. The van der Waals surface area contributed by atoms with Crippen LogP contribution in [0.25, 0.3) is 0 Å². The molecule has 0 bridgehead atoms. The normalized spacial score (nSPS) is 19.2. The van der Waals surface area contributed by atoms with Gasteiger partial charge in [-0.05, 0) is 46.9 Å². The Labute approximate surface area is 124 Å². The molecule has 1 aliphatic rings. The third kappa shape index (κ3) is 3.86. The summed E-state index contributed by atoms with van der Waals surface area (Å²) in [6.07, 6.45) is 1.26. The van der Waals surface area contributed by atoms with Crippen LogP contribution >= 0.6 is 15.9 Å². The van der Waals surface area contributed by atoms with Crippen molar-refractivity contribution >= 4 is 21.6 Å². The van der Waals surface area contributed by atoms with Gasteiger partial charge in [0.05, 0.1) is 11.6 Å². The van der Waals surface area contributed by atoms with Gasteiger partial charge in [0.1, 0.15) is 5.75 Å². The third-order valence-electron chi connectivity index (χ3n) is 3.60. The van der Waals surface area contributed by atoms with E-state index in [1.807, 2.05) is 0 Å². The smallest absolute Gasteiger partial charge is 0.135 e. The molecule has 0 aromatic heterocycles. The highest BCUT2D eigenvalue weighted by Crippen LogP contribution is 2.32. The van der Waals surface area contributed by atoms with Crippen molar-refractivity contribution in [3.63, 3.8) is 0 Å². The van der Waals surface area contributed by atoms with Crippen LogP contribution in [0.5, 0.6) is 5.75 Å². The molecule has 106 valence electrons. The Bertz CT molecular complexity index is 423. The van der Waals surface area contributed by atoms with E-state index in [9.17, 15) is 0 Å². The van der Waals surface area contributed by atoms with Crippen molar-refractivity contribution in [1.29, 1.82) is 0 Å². The topological polar surface area (TPSA) is 24.5 Å². The van der Waals surface area contributed by atoms with E-state index in [-0.39, 0.29) is 0 Å². The molecule has 4 heteroatoms. The fourth-order valence-corrected chi connectivity index (χ4v) is 2.89. The zero-order valence-corrected chi connectivity index (χ0v) is 13.5. The number of halogens is 1. The number of anilines is 1. The van der Waals surface area contributed by atoms with Crippen molar-refractivity contribution < 1.29 is 4.74 Å². The fraction of sp³-hybridized carbons (Fsp3) is 0.600. The number of methoxy groups -OCH3 is 1. The molecule has 1 aromatic rings. The Kier molecular flexibility index (Phi) is 5.11. The van der Waals surface area contributed by atoms with E-state index in [1.54, 1.807) is 7.11 Å². The largest absolute Gasteiger partial charge is 0.495 e. The lowest BCUT2D eigenvalue weighted by atomic mass is 10.1. The van der Waals surface area contributed by atoms with Crippen LogP contribution in [0, 0.1) is 5.92 Å². The Hall–Kier alpha value is -0.740. The molecule has 2 rings (SSSR count). The Morgan fingerprint density at radius 3 is 2.95 bits per heavy atom. The zero-order chi connectivity index (χ0) is 13.8. The fourth-order valence-electron chi connectivity index (χ4n) is 2.48. The molecule has 1 heterocycles. The predicted octanol–water partition coefficient (Wildman–Crippen LogP) is 3.28. The number of nitrogens with zero attached hydrogens (tertiary/aromatic N) is 1. The Morgan fingerprint density at radius 2 is 2.26 bits per heavy atom. The maximum absolute atomic E-state index is 5.37. The number of rotatable bonds is 5. The first-order valence-electron chi connectivity index (χ1n) is 6.92. The minimum absolute atomic E-state index is 0.571. The minimum Gasteiger partial charge on any atom is -0.495 e. The summed E-state index contributed by atoms with van der Waals surface area (Å²) in [5, 5.41) is 3.53. The van der Waals surface area contributed by atoms with Crippen LogP contribution in [0.4, 0.5) is 5.69 Å². The van der Waals surface area contributed by atoms with E-state index in [4.69, 9.17) is 4.74 Å². The molecule has 0 radical (unpaired) electrons. The molecule has 0 amide bonds. The summed E-state index contributed by atoms with van der Waals surface area (Å²) in [6.45, 7) is 7.78. The summed E-state index contributed by atoms with van der Waals surface area (Å²) >= 11 is 3.50. The average molecular weight is 327 g/mol. The van der Waals surface area contributed by atoms with E-state index >= 15 is 0 Å². The number of benzene rings is 1. The van der Waals surface area contributed by atoms with Crippen molar-refractivity contribution in [2.24, 2.45) is 5.92 Å². The highest BCUT2D eigenvalue weighted by Gasteiger charge is 2.23. The number of ether oxygens (including phenoxy) is 1. The van der Waals surface area contributed by atoms with Gasteiger partial charge in [0.2, 0.25) is 0 Å². The van der Waals surface area contributed by atoms with Crippen molar-refractivity contribution in [1.82, 2.24) is 5.32 Å². The first-order valence-corrected chi connectivity index (χ1v) is 7.71. The van der Waals surface area contributed by atoms with Crippen molar-refractivity contribution in [3.05, 3.63) is 22.7 Å². The number of nitrogens with one attached hydrogen (secondary N) is 1. The molecule has 0 spiro atoms. The molecule has 1 N–H and O–H groups in total. The second-order valence-corrected chi connectivity index (χ2v) is 6.34. The molecule has 0 saturated carbocycles. The summed E-state index contributed by atoms with van der Waals surface area (Å²) in [5.74, 6) is 1.65. The van der Waals surface area contributed by atoms with Crippen LogP contribution in [0.1, 0.15) is 20.3 Å². The van der Waals surface area contributed by atoms with Crippen LogP contribution in [0.3, 0.4) is 0 Å². The van der Waals surface area contributed by atoms with Crippen molar-refractivity contribution in [2.75, 3.05) is 31.6 Å². The van der Waals surface area contributed by atoms with E-state index in [2.05, 4.69) is 58.2 Å². The summed E-state index contributed by atoms with van der Waals surface area (Å²) in [5.41, 5.74) is 1.26. The monoisotopic (exact) mass is 326 g/mol. The molecule has 1 saturated heterocycles. The van der Waals surface area contributed by atoms with Crippen LogP contribution in [-0.2, 0) is 0 Å². The van der Waals surface area contributed by atoms with E-state index in [0.717, 1.165) is 35.8 Å². The summed E-state index contributed by atoms with van der Waals surface area (Å²) < 4.78 is 6.38. The Morgan fingerprint density at radius 1 is 1.47 bits per heavy atom. The molecule has 1 unspecified atom stereocenters. The van der Waals surface area contributed by atoms with Gasteiger partial charge in [-0.3, -0.25) is 0 Å². The molecule has 19 heavy (non-hydrogen) atoms. The van der Waals surface area contributed by atoms with Gasteiger partial charge in [0.15, 0.2) is 0 Å². The highest BCUT2D eigenvalue weighted by molar-refractivity contribution is 9.10. The van der Waals surface area contributed by atoms with Gasteiger partial charge >= 0.3 is 0 Å². The van der Waals surface area contributed by atoms with Crippen LogP contribution in [0.15, 0.2) is 22.7 Å². The average Bonchev–Trinajstić information content (AvgIpc) is 2.86. The van der Waals surface area contributed by atoms with Crippen molar-refractivity contribution in [2.45, 2.75) is 26.3 Å². The van der Waals surface area contributed by atoms with Gasteiger partial charge < -0.3 is 15.0 Å². The second-order valence-electron chi connectivity index (χ2n) is 5.48. The van der Waals surface area contributed by atoms with Gasteiger partial charge in [-0.15, -0.1) is 0 Å². The third-order valence-corrected chi connectivity index (χ3v) is 4.26. The molecule has 0 aliphatic carbocycles. The van der Waals surface area contributed by atoms with Gasteiger partial charge in [-0.2, -0.15) is 0 Å². The van der Waals surface area contributed by atoms with E-state index in [1.165, 1.54) is 12.1 Å². The Balaban J connectivity index is 1.96. The first-order chi connectivity index (χ1) is 9.10. The minimum atomic E-state index is 0.571. The van der Waals surface area contributed by atoms with E-state index < -0.39 is 0 Å². The van der Waals surface area contributed by atoms with Gasteiger partial charge in [0.25, 0.3) is 0 Å². The van der Waals surface area contributed by atoms with Crippen molar-refractivity contribution in [3.8, 4) is 5.75 Å². The number of hydrogen-bond donors (Lipinski definition) is 1. The number of hydrogen-bond acceptors (Lipinski definition) is 3. The zero-order valence-electron chi connectivity index (χ0n) is 11.9. The maximum Gasteiger partial charge on any atom is 0.135 e. The molecular formula is C15H23BrN2O. The lowest BCUT2D eigenvalue weighted by Crippen LogP contribution is -2.30. The first kappa shape index (κ1) is 14.7. The van der Waals surface area contributed by atoms with Crippen LogP contribution in [-0.4, -0.2) is 32.8 Å². The van der Waals surface area contributed by atoms with Gasteiger partial charge in [-0.25, -0.2) is 0 Å². The molecule has 1 aromatic carbocycles. The molecule has 3 nitrogen and oxygen atoms in total. The molecule has 1 atom stereocenters. The standard InChI is InChI=1S/C15H23BrN2O/c1-11(2)17-9-12-6-7-18(10-12)13-4-5-14(16)15(8-13)19-3/h4-5,8,11-12,17H,6-7,9-10H2,1-3H3. The van der Waals surface area contributed by atoms with Gasteiger partial charge in [0, 0.05) is 30.9 Å². The lowest BCUT2D eigenvalue weighted by Gasteiger charge is -2.20. The van der Waals surface area contributed by atoms with Crippen LogP contribution < -0.4 is 15.0 Å². The SMILES string of the molecule is COc1cc(N2CCC(CNC(C)C)C2)ccc1Br. The highest BCUT2D eigenvalue weighted by atomic mass is 79.9.